The number of anilines is 1. The van der Waals surface area contributed by atoms with E-state index in [1.54, 1.807) is 36.9 Å². The number of aromatic nitrogens is 3. The molecule has 0 aliphatic rings. The lowest BCUT2D eigenvalue weighted by atomic mass is 9.98. The Balaban J connectivity index is 1.99. The molecule has 0 saturated carbocycles. The van der Waals surface area contributed by atoms with Crippen LogP contribution < -0.4 is 16.2 Å². The maximum absolute atomic E-state index is 14.2. The number of carbonyl (C=O) groups is 3. The van der Waals surface area contributed by atoms with Crippen LogP contribution in [0.15, 0.2) is 47.5 Å². The number of allylic oxidation sites excluding steroid dienone is 1. The first-order chi connectivity index (χ1) is 23.8. The number of pyridine rings is 2. The minimum Gasteiger partial charge on any atom is -0.453 e. The highest BCUT2D eigenvalue weighted by Crippen LogP contribution is 2.37. The summed E-state index contributed by atoms with van der Waals surface area (Å²) in [6.45, 7) is 10.6. The van der Waals surface area contributed by atoms with Gasteiger partial charge >= 0.3 is 12.3 Å². The van der Waals surface area contributed by atoms with Crippen LogP contribution in [0.3, 0.4) is 0 Å². The van der Waals surface area contributed by atoms with Gasteiger partial charge in [0.15, 0.2) is 0 Å². The van der Waals surface area contributed by atoms with E-state index in [2.05, 4.69) is 40.0 Å². The number of likely N-dealkylation sites (N-methyl/N-ethyl adjacent to an activating group) is 1. The number of nitrogens with zero attached hydrogens (tertiary/aromatic N) is 4. The Hall–Kier alpha value is -4.44. The van der Waals surface area contributed by atoms with Crippen molar-refractivity contribution in [3.05, 3.63) is 69.9 Å². The van der Waals surface area contributed by atoms with Gasteiger partial charge in [0, 0.05) is 46.9 Å². The Morgan fingerprint density at radius 3 is 2.47 bits per heavy atom. The van der Waals surface area contributed by atoms with Gasteiger partial charge in [-0.25, -0.2) is 4.79 Å². The van der Waals surface area contributed by atoms with Crippen molar-refractivity contribution in [2.45, 2.75) is 84.3 Å². The topological polar surface area (TPSA) is 137 Å². The number of carbonyl (C=O) groups excluding carboxylic acids is 3. The summed E-state index contributed by atoms with van der Waals surface area (Å²) in [5.74, 6) is -1.02. The van der Waals surface area contributed by atoms with Gasteiger partial charge in [0.05, 0.1) is 30.3 Å². The van der Waals surface area contributed by atoms with Gasteiger partial charge in [-0.3, -0.25) is 19.4 Å². The van der Waals surface area contributed by atoms with Crippen molar-refractivity contribution >= 4 is 42.7 Å². The second-order valence-corrected chi connectivity index (χ2v) is 19.8. The fraction of sp³-hybridized carbons (Fsp3) is 0.514. The Labute approximate surface area is 297 Å². The van der Waals surface area contributed by atoms with Crippen LogP contribution in [-0.2, 0) is 44.9 Å². The van der Waals surface area contributed by atoms with E-state index in [0.29, 0.717) is 23.3 Å². The van der Waals surface area contributed by atoms with Crippen LogP contribution in [0.2, 0.25) is 25.7 Å². The summed E-state index contributed by atoms with van der Waals surface area (Å²) in [6, 6.07) is 4.37. The zero-order valence-corrected chi connectivity index (χ0v) is 31.5. The van der Waals surface area contributed by atoms with Gasteiger partial charge in [-0.1, -0.05) is 39.6 Å². The third-order valence-corrected chi connectivity index (χ3v) is 9.67. The van der Waals surface area contributed by atoms with E-state index in [0.717, 1.165) is 19.4 Å². The first-order valence-corrected chi connectivity index (χ1v) is 20.4. The average Bonchev–Trinajstić information content (AvgIpc) is 3.38. The highest BCUT2D eigenvalue weighted by atomic mass is 28.3. The van der Waals surface area contributed by atoms with Crippen molar-refractivity contribution in [2.24, 2.45) is 5.92 Å². The number of alkyl carbamates (subject to hydrolysis) is 1. The smallest absolute Gasteiger partial charge is 0.418 e. The summed E-state index contributed by atoms with van der Waals surface area (Å²) in [7, 11) is 2.89. The SMILES string of the molecule is COC(=O)N[C@@H](CC/C=C/C(=O)N(C)C)C(=O)Nc1cccn(Cc2cc3ncc(C(F)(F)F)c(CC(C)C)c3n2COCC[Si](C)(C)C)c1=O. The van der Waals surface area contributed by atoms with Gasteiger partial charge in [0.25, 0.3) is 5.56 Å². The zero-order chi connectivity index (χ0) is 38.1. The van der Waals surface area contributed by atoms with Crippen LogP contribution >= 0.6 is 0 Å². The molecule has 1 atom stereocenters. The highest BCUT2D eigenvalue weighted by molar-refractivity contribution is 6.76. The molecule has 12 nitrogen and oxygen atoms in total. The van der Waals surface area contributed by atoms with Crippen LogP contribution in [0.4, 0.5) is 23.7 Å². The molecule has 0 aliphatic heterocycles. The third-order valence-electron chi connectivity index (χ3n) is 7.97. The summed E-state index contributed by atoms with van der Waals surface area (Å²) in [4.78, 5) is 56.4. The van der Waals surface area contributed by atoms with Crippen molar-refractivity contribution in [3.8, 4) is 0 Å². The number of rotatable bonds is 16. The standard InChI is InChI=1S/C35H49F3N6O6Si/c1-23(2)18-25-26(35(36,37)38)20-39-29-19-24(44(31(25)29)22-50-16-17-51(6,7)8)21-43-15-11-13-28(33(43)47)40-32(46)27(41-34(48)49-5)12-9-10-14-30(45)42(3)4/h10-11,13-15,19-20,23,27H,9,12,16-18,21-22H2,1-8H3,(H,40,46)(H,41,48)/b14-10+/t27-/m0/s1. The maximum Gasteiger partial charge on any atom is 0.418 e. The average molecular weight is 735 g/mol. The number of methoxy groups -OCH3 is 1. The fourth-order valence-corrected chi connectivity index (χ4v) is 5.99. The molecule has 51 heavy (non-hydrogen) atoms. The molecule has 0 fully saturated rings. The number of ether oxygens (including phenoxy) is 2. The highest BCUT2D eigenvalue weighted by Gasteiger charge is 2.36. The lowest BCUT2D eigenvalue weighted by Crippen LogP contribution is -2.44. The van der Waals surface area contributed by atoms with Gasteiger partial charge in [0.1, 0.15) is 18.5 Å². The predicted octanol–water partition coefficient (Wildman–Crippen LogP) is 5.86. The Bertz CT molecular complexity index is 1780. The predicted molar refractivity (Wildman–Crippen MR) is 192 cm³/mol. The molecule has 3 heterocycles. The maximum atomic E-state index is 14.2. The molecule has 0 bridgehead atoms. The number of halogens is 3. The van der Waals surface area contributed by atoms with Crippen LogP contribution in [0.25, 0.3) is 11.0 Å². The molecule has 16 heteroatoms. The monoisotopic (exact) mass is 734 g/mol. The molecular formula is C35H49F3N6O6Si. The van der Waals surface area contributed by atoms with Crippen molar-refractivity contribution in [1.29, 1.82) is 0 Å². The Morgan fingerprint density at radius 1 is 1.16 bits per heavy atom. The summed E-state index contributed by atoms with van der Waals surface area (Å²) in [5.41, 5.74) is -0.222. The van der Waals surface area contributed by atoms with Gasteiger partial charge in [-0.05, 0) is 61.1 Å². The summed E-state index contributed by atoms with van der Waals surface area (Å²) in [6.07, 6.45) is 0.322. The Kier molecular flexibility index (Phi) is 14.2. The lowest BCUT2D eigenvalue weighted by Gasteiger charge is -2.20. The van der Waals surface area contributed by atoms with Gasteiger partial charge in [-0.2, -0.15) is 13.2 Å². The number of hydrogen-bond donors (Lipinski definition) is 2. The minimum absolute atomic E-state index is 0.0436. The van der Waals surface area contributed by atoms with Gasteiger partial charge in [0.2, 0.25) is 11.8 Å². The van der Waals surface area contributed by atoms with Crippen molar-refractivity contribution in [2.75, 3.05) is 33.1 Å². The summed E-state index contributed by atoms with van der Waals surface area (Å²) >= 11 is 0. The number of amides is 3. The quantitative estimate of drug-likeness (QED) is 0.107. The third kappa shape index (κ3) is 11.8. The van der Waals surface area contributed by atoms with E-state index in [1.807, 2.05) is 13.8 Å². The molecule has 2 N–H and O–H groups in total. The molecule has 0 unspecified atom stereocenters. The molecule has 3 aromatic heterocycles. The number of fused-ring (bicyclic) bond motifs is 1. The van der Waals surface area contributed by atoms with E-state index < -0.39 is 43.4 Å². The number of nitrogens with one attached hydrogen (secondary N) is 2. The zero-order valence-electron chi connectivity index (χ0n) is 30.5. The van der Waals surface area contributed by atoms with E-state index in [1.165, 1.54) is 27.8 Å². The fourth-order valence-electron chi connectivity index (χ4n) is 5.23. The largest absolute Gasteiger partial charge is 0.453 e. The first-order valence-electron chi connectivity index (χ1n) is 16.7. The van der Waals surface area contributed by atoms with Gasteiger partial charge in [-0.15, -0.1) is 0 Å². The minimum atomic E-state index is -4.62. The van der Waals surface area contributed by atoms with Crippen molar-refractivity contribution < 1.29 is 37.0 Å². The summed E-state index contributed by atoms with van der Waals surface area (Å²) in [5, 5.41) is 5.03. The van der Waals surface area contributed by atoms with Crippen LogP contribution in [0.5, 0.6) is 0 Å². The van der Waals surface area contributed by atoms with E-state index >= 15 is 0 Å². The van der Waals surface area contributed by atoms with Crippen molar-refractivity contribution in [3.63, 3.8) is 0 Å². The van der Waals surface area contributed by atoms with E-state index in [-0.39, 0.29) is 55.6 Å². The molecule has 0 spiro atoms. The molecule has 0 aromatic carbocycles. The molecule has 3 aromatic rings. The molecular weight excluding hydrogens is 686 g/mol. The van der Waals surface area contributed by atoms with E-state index in [9.17, 15) is 32.3 Å². The van der Waals surface area contributed by atoms with E-state index in [4.69, 9.17) is 4.74 Å². The Morgan fingerprint density at radius 2 is 1.86 bits per heavy atom. The van der Waals surface area contributed by atoms with Crippen LogP contribution in [0, 0.1) is 5.92 Å². The van der Waals surface area contributed by atoms with Crippen molar-refractivity contribution in [1.82, 2.24) is 24.3 Å². The second kappa shape index (κ2) is 17.7. The van der Waals surface area contributed by atoms with Crippen LogP contribution in [-0.4, -0.2) is 78.9 Å². The normalized spacial score (nSPS) is 12.8. The molecule has 3 amide bonds. The van der Waals surface area contributed by atoms with Crippen LogP contribution in [0.1, 0.15) is 43.5 Å². The molecule has 3 rings (SSSR count). The molecule has 0 saturated heterocycles. The second-order valence-electron chi connectivity index (χ2n) is 14.1. The van der Waals surface area contributed by atoms with Gasteiger partial charge < -0.3 is 34.1 Å². The number of alkyl halides is 3. The first kappa shape index (κ1) is 41.0. The number of hydrogen-bond acceptors (Lipinski definition) is 7. The summed E-state index contributed by atoms with van der Waals surface area (Å²) < 4.78 is 56.4. The molecule has 0 aliphatic carbocycles. The lowest BCUT2D eigenvalue weighted by molar-refractivity contribution is -0.138. The molecule has 280 valence electrons. The molecule has 0 radical (unpaired) electrons.